The summed E-state index contributed by atoms with van der Waals surface area (Å²) in [6, 6.07) is 3.15. The maximum Gasteiger partial charge on any atom is 0.416 e. The number of carbonyl (C=O) groups is 1. The number of hydrogen-bond acceptors (Lipinski definition) is 2. The number of alkyl halides is 3. The molecule has 0 atom stereocenters. The molecule has 0 spiro atoms. The van der Waals surface area contributed by atoms with Crippen LogP contribution in [0.15, 0.2) is 22.7 Å². The molecule has 1 aromatic rings. The minimum absolute atomic E-state index is 0.193. The summed E-state index contributed by atoms with van der Waals surface area (Å²) in [6.07, 6.45) is -4.60. The summed E-state index contributed by atoms with van der Waals surface area (Å²) >= 11 is 3.08. The van der Waals surface area contributed by atoms with Crippen molar-refractivity contribution in [3.63, 3.8) is 0 Å². The predicted molar refractivity (Wildman–Crippen MR) is 54.9 cm³/mol. The van der Waals surface area contributed by atoms with E-state index < -0.39 is 17.7 Å². The molecule has 2 nitrogen and oxygen atoms in total. The number of methoxy groups -OCH3 is 1. The van der Waals surface area contributed by atoms with Gasteiger partial charge in [-0.1, -0.05) is 15.9 Å². The molecule has 0 N–H and O–H groups in total. The molecule has 0 saturated heterocycles. The van der Waals surface area contributed by atoms with E-state index in [1.807, 2.05) is 0 Å². The fourth-order valence-corrected chi connectivity index (χ4v) is 1.50. The second-order valence-electron chi connectivity index (χ2n) is 3.06. The molecular weight excluding hydrogens is 289 g/mol. The van der Waals surface area contributed by atoms with E-state index in [-0.39, 0.29) is 12.0 Å². The molecule has 0 fully saturated rings. The molecule has 0 aliphatic rings. The van der Waals surface area contributed by atoms with Crippen LogP contribution in [0.1, 0.15) is 11.1 Å². The second-order valence-corrected chi connectivity index (χ2v) is 3.91. The van der Waals surface area contributed by atoms with E-state index in [9.17, 15) is 18.0 Å². The van der Waals surface area contributed by atoms with Gasteiger partial charge in [-0.15, -0.1) is 0 Å². The second kappa shape index (κ2) is 4.86. The van der Waals surface area contributed by atoms with Gasteiger partial charge in [0.2, 0.25) is 0 Å². The fourth-order valence-electron chi connectivity index (χ4n) is 1.11. The fraction of sp³-hybridized carbons (Fsp3) is 0.300. The number of rotatable bonds is 2. The Balaban J connectivity index is 3.04. The molecule has 0 saturated carbocycles. The lowest BCUT2D eigenvalue weighted by Crippen LogP contribution is -2.09. The maximum absolute atomic E-state index is 12.4. The Morgan fingerprint density at radius 3 is 2.56 bits per heavy atom. The van der Waals surface area contributed by atoms with Crippen molar-refractivity contribution in [2.45, 2.75) is 12.6 Å². The smallest absolute Gasteiger partial charge is 0.416 e. The first-order valence-corrected chi connectivity index (χ1v) is 5.06. The minimum Gasteiger partial charge on any atom is -0.469 e. The van der Waals surface area contributed by atoms with Crippen LogP contribution in [0.5, 0.6) is 0 Å². The summed E-state index contributed by atoms with van der Waals surface area (Å²) in [7, 11) is 1.18. The lowest BCUT2D eigenvalue weighted by atomic mass is 10.1. The number of ether oxygens (including phenoxy) is 1. The van der Waals surface area contributed by atoms with Gasteiger partial charge in [0.15, 0.2) is 0 Å². The van der Waals surface area contributed by atoms with Crippen LogP contribution in [0.3, 0.4) is 0 Å². The average Bonchev–Trinajstić information content (AvgIpc) is 2.19. The number of benzene rings is 1. The Labute approximate surface area is 98.5 Å². The lowest BCUT2D eigenvalue weighted by Gasteiger charge is -2.09. The molecule has 0 radical (unpaired) electrons. The molecule has 0 bridgehead atoms. The van der Waals surface area contributed by atoms with E-state index in [1.54, 1.807) is 0 Å². The van der Waals surface area contributed by atoms with E-state index in [0.29, 0.717) is 4.47 Å². The van der Waals surface area contributed by atoms with Gasteiger partial charge in [-0.3, -0.25) is 4.79 Å². The van der Waals surface area contributed by atoms with Crippen LogP contribution in [0.4, 0.5) is 13.2 Å². The van der Waals surface area contributed by atoms with Gasteiger partial charge in [-0.2, -0.15) is 13.2 Å². The van der Waals surface area contributed by atoms with Crippen molar-refractivity contribution in [3.05, 3.63) is 33.8 Å². The van der Waals surface area contributed by atoms with Crippen molar-refractivity contribution in [2.24, 2.45) is 0 Å². The van der Waals surface area contributed by atoms with Gasteiger partial charge in [0.05, 0.1) is 19.1 Å². The SMILES string of the molecule is COC(=O)Cc1cc(C(F)(F)F)ccc1Br. The van der Waals surface area contributed by atoms with Gasteiger partial charge in [-0.05, 0) is 23.8 Å². The third-order valence-electron chi connectivity index (χ3n) is 1.94. The molecule has 0 unspecified atom stereocenters. The zero-order valence-electron chi connectivity index (χ0n) is 8.27. The molecule has 16 heavy (non-hydrogen) atoms. The Hall–Kier alpha value is -1.04. The summed E-state index contributed by atoms with van der Waals surface area (Å²) in [5, 5.41) is 0. The van der Waals surface area contributed by atoms with E-state index in [1.165, 1.54) is 13.2 Å². The lowest BCUT2D eigenvalue weighted by molar-refractivity contribution is -0.140. The standard InChI is InChI=1S/C10H8BrF3O2/c1-16-9(15)5-6-4-7(10(12,13)14)2-3-8(6)11/h2-4H,5H2,1H3. The molecular formula is C10H8BrF3O2. The van der Waals surface area contributed by atoms with Gasteiger partial charge in [0.25, 0.3) is 0 Å². The van der Waals surface area contributed by atoms with Crippen molar-refractivity contribution >= 4 is 21.9 Å². The third kappa shape index (κ3) is 3.23. The van der Waals surface area contributed by atoms with Gasteiger partial charge in [-0.25, -0.2) is 0 Å². The summed E-state index contributed by atoms with van der Waals surface area (Å²) in [4.78, 5) is 11.0. The van der Waals surface area contributed by atoms with Crippen LogP contribution in [0, 0.1) is 0 Å². The van der Waals surface area contributed by atoms with Crippen LogP contribution >= 0.6 is 15.9 Å². The summed E-state index contributed by atoms with van der Waals surface area (Å²) in [5.74, 6) is -0.583. The highest BCUT2D eigenvalue weighted by atomic mass is 79.9. The van der Waals surface area contributed by atoms with Gasteiger partial charge < -0.3 is 4.74 Å². The molecule has 0 amide bonds. The first-order valence-electron chi connectivity index (χ1n) is 4.27. The Bertz CT molecular complexity index is 402. The average molecular weight is 297 g/mol. The number of carbonyl (C=O) groups excluding carboxylic acids is 1. The topological polar surface area (TPSA) is 26.3 Å². The normalized spacial score (nSPS) is 11.3. The highest BCUT2D eigenvalue weighted by molar-refractivity contribution is 9.10. The van der Waals surface area contributed by atoms with Crippen molar-refractivity contribution in [2.75, 3.05) is 7.11 Å². The van der Waals surface area contributed by atoms with Crippen LogP contribution in [-0.4, -0.2) is 13.1 Å². The summed E-state index contributed by atoms with van der Waals surface area (Å²) in [6.45, 7) is 0. The van der Waals surface area contributed by atoms with Crippen LogP contribution in [0.2, 0.25) is 0 Å². The van der Waals surface area contributed by atoms with Crippen LogP contribution in [-0.2, 0) is 22.1 Å². The zero-order valence-corrected chi connectivity index (χ0v) is 9.85. The summed E-state index contributed by atoms with van der Waals surface area (Å²) < 4.78 is 42.0. The molecule has 1 aromatic carbocycles. The van der Waals surface area contributed by atoms with Crippen molar-refractivity contribution in [3.8, 4) is 0 Å². The number of halogens is 4. The van der Waals surface area contributed by atoms with Gasteiger partial charge >= 0.3 is 12.1 Å². The Morgan fingerprint density at radius 1 is 1.44 bits per heavy atom. The molecule has 1 rings (SSSR count). The monoisotopic (exact) mass is 296 g/mol. The number of hydrogen-bond donors (Lipinski definition) is 0. The molecule has 0 aromatic heterocycles. The van der Waals surface area contributed by atoms with Crippen LogP contribution in [0.25, 0.3) is 0 Å². The van der Waals surface area contributed by atoms with Crippen molar-refractivity contribution in [1.82, 2.24) is 0 Å². The quantitative estimate of drug-likeness (QED) is 0.784. The van der Waals surface area contributed by atoms with Gasteiger partial charge in [0, 0.05) is 4.47 Å². The largest absolute Gasteiger partial charge is 0.469 e. The highest BCUT2D eigenvalue weighted by Crippen LogP contribution is 2.32. The van der Waals surface area contributed by atoms with E-state index in [4.69, 9.17) is 0 Å². The maximum atomic E-state index is 12.4. The Morgan fingerprint density at radius 2 is 2.06 bits per heavy atom. The van der Waals surface area contributed by atoms with Crippen molar-refractivity contribution < 1.29 is 22.7 Å². The minimum atomic E-state index is -4.41. The molecule has 0 heterocycles. The molecule has 0 aliphatic carbocycles. The number of esters is 1. The molecule has 6 heteroatoms. The van der Waals surface area contributed by atoms with Crippen LogP contribution < -0.4 is 0 Å². The molecule has 88 valence electrons. The van der Waals surface area contributed by atoms with E-state index in [2.05, 4.69) is 20.7 Å². The Kier molecular flexibility index (Phi) is 3.96. The van der Waals surface area contributed by atoms with E-state index >= 15 is 0 Å². The highest BCUT2D eigenvalue weighted by Gasteiger charge is 2.31. The first-order chi connectivity index (χ1) is 7.34. The zero-order chi connectivity index (χ0) is 12.3. The van der Waals surface area contributed by atoms with Crippen molar-refractivity contribution in [1.29, 1.82) is 0 Å². The van der Waals surface area contributed by atoms with Gasteiger partial charge in [0.1, 0.15) is 0 Å². The third-order valence-corrected chi connectivity index (χ3v) is 2.71. The molecule has 0 aliphatic heterocycles. The predicted octanol–water partition coefficient (Wildman–Crippen LogP) is 3.18. The first kappa shape index (κ1) is 13.0. The van der Waals surface area contributed by atoms with E-state index in [0.717, 1.165) is 12.1 Å². The summed E-state index contributed by atoms with van der Waals surface area (Å²) in [5.41, 5.74) is -0.531.